The Balaban J connectivity index is 1.85. The number of carbonyl (C=O) groups excluding carboxylic acids is 1. The number of hydrogen-bond donors (Lipinski definition) is 1. The van der Waals surface area contributed by atoms with Crippen molar-refractivity contribution in [3.63, 3.8) is 0 Å². The van der Waals surface area contributed by atoms with Crippen LogP contribution in [0.2, 0.25) is 0 Å². The van der Waals surface area contributed by atoms with Gasteiger partial charge in [0.15, 0.2) is 0 Å². The molecule has 2 aromatic rings. The maximum Gasteiger partial charge on any atom is 0.326 e. The van der Waals surface area contributed by atoms with Gasteiger partial charge in [0, 0.05) is 17.8 Å². The quantitative estimate of drug-likeness (QED) is 0.946. The molecular formula is C16H15NO3S. The second-order valence-electron chi connectivity index (χ2n) is 5.10. The van der Waals surface area contributed by atoms with Gasteiger partial charge in [-0.1, -0.05) is 30.3 Å². The zero-order valence-corrected chi connectivity index (χ0v) is 12.2. The third kappa shape index (κ3) is 2.83. The number of carboxylic acid groups (broad SMARTS) is 1. The van der Waals surface area contributed by atoms with E-state index < -0.39 is 12.0 Å². The Morgan fingerprint density at radius 1 is 1.19 bits per heavy atom. The largest absolute Gasteiger partial charge is 0.480 e. The van der Waals surface area contributed by atoms with Crippen LogP contribution >= 0.6 is 11.3 Å². The molecule has 1 N–H and O–H groups in total. The van der Waals surface area contributed by atoms with E-state index in [2.05, 4.69) is 0 Å². The zero-order valence-electron chi connectivity index (χ0n) is 11.4. The average Bonchev–Trinajstić information content (AvgIpc) is 2.98. The first-order chi connectivity index (χ1) is 10.1. The number of fused-ring (bicyclic) bond motifs is 1. The minimum atomic E-state index is -0.941. The normalized spacial score (nSPS) is 17.3. The van der Waals surface area contributed by atoms with Crippen molar-refractivity contribution in [1.29, 1.82) is 0 Å². The second-order valence-corrected chi connectivity index (χ2v) is 6.14. The highest BCUT2D eigenvalue weighted by Crippen LogP contribution is 2.24. The highest BCUT2D eigenvalue weighted by Gasteiger charge is 2.34. The molecule has 1 aromatic carbocycles. The number of benzene rings is 1. The van der Waals surface area contributed by atoms with Crippen molar-refractivity contribution >= 4 is 23.2 Å². The van der Waals surface area contributed by atoms with Crippen LogP contribution in [-0.2, 0) is 29.0 Å². The Hall–Kier alpha value is -2.14. The molecule has 1 atom stereocenters. The topological polar surface area (TPSA) is 57.6 Å². The molecule has 5 heteroatoms. The lowest BCUT2D eigenvalue weighted by molar-refractivity contribution is -0.151. The molecule has 108 valence electrons. The summed E-state index contributed by atoms with van der Waals surface area (Å²) in [5.41, 5.74) is 2.06. The Morgan fingerprint density at radius 3 is 2.62 bits per heavy atom. The molecule has 0 saturated heterocycles. The van der Waals surface area contributed by atoms with Crippen LogP contribution in [0.1, 0.15) is 16.0 Å². The molecule has 4 nitrogen and oxygen atoms in total. The van der Waals surface area contributed by atoms with E-state index in [0.29, 0.717) is 13.0 Å². The molecule has 0 spiro atoms. The van der Waals surface area contributed by atoms with E-state index >= 15 is 0 Å². The number of nitrogens with zero attached hydrogens (tertiary/aromatic N) is 1. The summed E-state index contributed by atoms with van der Waals surface area (Å²) in [6.45, 7) is 0.372. The average molecular weight is 301 g/mol. The van der Waals surface area contributed by atoms with E-state index in [1.165, 1.54) is 16.2 Å². The Kier molecular flexibility index (Phi) is 3.75. The SMILES string of the molecule is O=C(O)C1Cc2ccccc2CN1C(=O)Cc1cccs1. The molecule has 1 unspecified atom stereocenters. The summed E-state index contributed by atoms with van der Waals surface area (Å²) in [6, 6.07) is 10.7. The van der Waals surface area contributed by atoms with E-state index in [1.54, 1.807) is 0 Å². The third-order valence-electron chi connectivity index (χ3n) is 3.76. The lowest BCUT2D eigenvalue weighted by Gasteiger charge is -2.34. The lowest BCUT2D eigenvalue weighted by atomic mass is 9.93. The van der Waals surface area contributed by atoms with Gasteiger partial charge in [0.2, 0.25) is 5.91 Å². The predicted molar refractivity (Wildman–Crippen MR) is 80.1 cm³/mol. The van der Waals surface area contributed by atoms with E-state index in [0.717, 1.165) is 16.0 Å². The van der Waals surface area contributed by atoms with Crippen LogP contribution in [0.4, 0.5) is 0 Å². The highest BCUT2D eigenvalue weighted by atomic mass is 32.1. The molecule has 1 amide bonds. The molecule has 0 aliphatic carbocycles. The number of hydrogen-bond acceptors (Lipinski definition) is 3. The number of carboxylic acids is 1. The molecule has 0 fully saturated rings. The van der Waals surface area contributed by atoms with Crippen molar-refractivity contribution < 1.29 is 14.7 Å². The van der Waals surface area contributed by atoms with Crippen molar-refractivity contribution in [2.24, 2.45) is 0 Å². The first-order valence-electron chi connectivity index (χ1n) is 6.76. The summed E-state index contributed by atoms with van der Waals surface area (Å²) in [5, 5.41) is 11.3. The smallest absolute Gasteiger partial charge is 0.326 e. The summed E-state index contributed by atoms with van der Waals surface area (Å²) >= 11 is 1.52. The van der Waals surface area contributed by atoms with Gasteiger partial charge in [0.05, 0.1) is 6.42 Å². The number of amides is 1. The Labute approximate surface area is 126 Å². The third-order valence-corrected chi connectivity index (χ3v) is 4.64. The van der Waals surface area contributed by atoms with Gasteiger partial charge in [-0.05, 0) is 22.6 Å². The van der Waals surface area contributed by atoms with Crippen molar-refractivity contribution in [1.82, 2.24) is 4.90 Å². The number of carbonyl (C=O) groups is 2. The minimum absolute atomic E-state index is 0.126. The number of aliphatic carboxylic acids is 1. The molecule has 1 aliphatic rings. The summed E-state index contributed by atoms with van der Waals surface area (Å²) in [7, 11) is 0. The van der Waals surface area contributed by atoms with Crippen molar-refractivity contribution in [2.45, 2.75) is 25.4 Å². The molecular weight excluding hydrogens is 286 g/mol. The van der Waals surface area contributed by atoms with Crippen LogP contribution in [0.5, 0.6) is 0 Å². The van der Waals surface area contributed by atoms with Crippen molar-refractivity contribution in [3.8, 4) is 0 Å². The standard InChI is InChI=1S/C16H15NO3S/c18-15(9-13-6-3-7-21-13)17-10-12-5-2-1-4-11(12)8-14(17)16(19)20/h1-7,14H,8-10H2,(H,19,20). The monoisotopic (exact) mass is 301 g/mol. The molecule has 1 aliphatic heterocycles. The minimum Gasteiger partial charge on any atom is -0.480 e. The van der Waals surface area contributed by atoms with Crippen molar-refractivity contribution in [2.75, 3.05) is 0 Å². The van der Waals surface area contributed by atoms with Gasteiger partial charge in [-0.15, -0.1) is 11.3 Å². The summed E-state index contributed by atoms with van der Waals surface area (Å²) in [4.78, 5) is 26.4. The molecule has 0 radical (unpaired) electrons. The van der Waals surface area contributed by atoms with Gasteiger partial charge in [-0.25, -0.2) is 4.79 Å². The molecule has 1 aromatic heterocycles. The fourth-order valence-electron chi connectivity index (χ4n) is 2.67. The van der Waals surface area contributed by atoms with Crippen LogP contribution in [0.3, 0.4) is 0 Å². The molecule has 0 saturated carbocycles. The molecule has 3 rings (SSSR count). The summed E-state index contributed by atoms with van der Waals surface area (Å²) < 4.78 is 0. The van der Waals surface area contributed by atoms with E-state index in [-0.39, 0.29) is 12.3 Å². The zero-order chi connectivity index (χ0) is 14.8. The molecule has 21 heavy (non-hydrogen) atoms. The molecule has 0 bridgehead atoms. The Bertz CT molecular complexity index is 666. The lowest BCUT2D eigenvalue weighted by Crippen LogP contribution is -2.49. The van der Waals surface area contributed by atoms with Crippen LogP contribution in [0, 0.1) is 0 Å². The number of rotatable bonds is 3. The van der Waals surface area contributed by atoms with Gasteiger partial charge in [0.25, 0.3) is 0 Å². The number of thiophene rings is 1. The first kappa shape index (κ1) is 13.8. The fourth-order valence-corrected chi connectivity index (χ4v) is 3.37. The van der Waals surface area contributed by atoms with E-state index in [4.69, 9.17) is 0 Å². The Morgan fingerprint density at radius 2 is 1.95 bits per heavy atom. The first-order valence-corrected chi connectivity index (χ1v) is 7.64. The maximum absolute atomic E-state index is 12.5. The molecule has 2 heterocycles. The highest BCUT2D eigenvalue weighted by molar-refractivity contribution is 7.10. The predicted octanol–water partition coefficient (Wildman–Crippen LogP) is 2.33. The van der Waals surface area contributed by atoms with Crippen molar-refractivity contribution in [3.05, 3.63) is 57.8 Å². The van der Waals surface area contributed by atoms with Crippen LogP contribution < -0.4 is 0 Å². The van der Waals surface area contributed by atoms with E-state index in [9.17, 15) is 14.7 Å². The van der Waals surface area contributed by atoms with Crippen LogP contribution in [0.25, 0.3) is 0 Å². The van der Waals surface area contributed by atoms with Gasteiger partial charge in [-0.3, -0.25) is 4.79 Å². The van der Waals surface area contributed by atoms with Gasteiger partial charge < -0.3 is 10.0 Å². The van der Waals surface area contributed by atoms with Gasteiger partial charge in [0.1, 0.15) is 6.04 Å². The van der Waals surface area contributed by atoms with Gasteiger partial charge in [-0.2, -0.15) is 0 Å². The summed E-state index contributed by atoms with van der Waals surface area (Å²) in [6.07, 6.45) is 0.644. The maximum atomic E-state index is 12.5. The summed E-state index contributed by atoms with van der Waals surface area (Å²) in [5.74, 6) is -1.07. The van der Waals surface area contributed by atoms with Gasteiger partial charge >= 0.3 is 5.97 Å². The second kappa shape index (κ2) is 5.69. The van der Waals surface area contributed by atoms with E-state index in [1.807, 2.05) is 41.8 Å². The fraction of sp³-hybridized carbons (Fsp3) is 0.250. The van der Waals surface area contributed by atoms with Crippen LogP contribution in [0.15, 0.2) is 41.8 Å². The van der Waals surface area contributed by atoms with Crippen LogP contribution in [-0.4, -0.2) is 27.9 Å².